The minimum Gasteiger partial charge on any atom is -0.507 e. The van der Waals surface area contributed by atoms with Crippen LogP contribution in [0.2, 0.25) is 0 Å². The maximum atomic E-state index is 12.0. The number of hydrogen-bond acceptors (Lipinski definition) is 6. The molecule has 1 N–H and O–H groups in total. The number of allylic oxidation sites excluding steroid dienone is 1. The molecular weight excluding hydrogens is 288 g/mol. The van der Waals surface area contributed by atoms with Crippen LogP contribution in [-0.2, 0) is 0 Å². The van der Waals surface area contributed by atoms with E-state index in [-0.39, 0.29) is 18.1 Å². The fraction of sp³-hybridized carbons (Fsp3) is 0.125. The number of ether oxygens (including phenoxy) is 2. The molecule has 6 nitrogen and oxygen atoms in total. The summed E-state index contributed by atoms with van der Waals surface area (Å²) in [7, 11) is 0. The van der Waals surface area contributed by atoms with Gasteiger partial charge in [-0.2, -0.15) is 0 Å². The topological polar surface area (TPSA) is 86.0 Å². The van der Waals surface area contributed by atoms with Gasteiger partial charge in [-0.15, -0.1) is 0 Å². The van der Waals surface area contributed by atoms with Gasteiger partial charge in [0.1, 0.15) is 17.1 Å². The molecule has 0 saturated carbocycles. The van der Waals surface area contributed by atoms with E-state index in [1.54, 1.807) is 18.2 Å². The number of rotatable bonds is 3. The maximum absolute atomic E-state index is 12.0. The molecule has 22 heavy (non-hydrogen) atoms. The number of ketones is 1. The van der Waals surface area contributed by atoms with Gasteiger partial charge in [0.2, 0.25) is 6.79 Å². The van der Waals surface area contributed by atoms with E-state index in [0.717, 1.165) is 0 Å². The second kappa shape index (κ2) is 5.40. The fourth-order valence-electron chi connectivity index (χ4n) is 2.09. The Kier molecular flexibility index (Phi) is 3.42. The van der Waals surface area contributed by atoms with E-state index >= 15 is 0 Å². The monoisotopic (exact) mass is 300 g/mol. The van der Waals surface area contributed by atoms with Gasteiger partial charge in [-0.05, 0) is 30.7 Å². The Labute approximate surface area is 125 Å². The van der Waals surface area contributed by atoms with Gasteiger partial charge in [0.05, 0.1) is 0 Å². The molecule has 1 aromatic heterocycles. The summed E-state index contributed by atoms with van der Waals surface area (Å²) < 4.78 is 15.2. The minimum atomic E-state index is -0.863. The predicted molar refractivity (Wildman–Crippen MR) is 77.3 cm³/mol. The van der Waals surface area contributed by atoms with Crippen molar-refractivity contribution in [2.75, 3.05) is 6.79 Å². The van der Waals surface area contributed by atoms with Gasteiger partial charge in [-0.3, -0.25) is 4.79 Å². The van der Waals surface area contributed by atoms with Crippen LogP contribution >= 0.6 is 0 Å². The zero-order valence-electron chi connectivity index (χ0n) is 11.7. The minimum absolute atomic E-state index is 0.166. The van der Waals surface area contributed by atoms with Gasteiger partial charge in [0.25, 0.3) is 0 Å². The van der Waals surface area contributed by atoms with E-state index in [1.807, 2.05) is 0 Å². The molecule has 0 saturated heterocycles. The first kappa shape index (κ1) is 13.9. The molecule has 1 aromatic carbocycles. The highest BCUT2D eigenvalue weighted by molar-refractivity contribution is 6.08. The molecule has 6 heteroatoms. The van der Waals surface area contributed by atoms with Crippen LogP contribution in [0.15, 0.2) is 39.6 Å². The lowest BCUT2D eigenvalue weighted by Gasteiger charge is -2.00. The Balaban J connectivity index is 1.87. The molecule has 1 aliphatic rings. The van der Waals surface area contributed by atoms with Crippen LogP contribution in [0.1, 0.15) is 21.7 Å². The van der Waals surface area contributed by atoms with Crippen molar-refractivity contribution in [3.05, 3.63) is 57.6 Å². The van der Waals surface area contributed by atoms with E-state index in [9.17, 15) is 14.7 Å². The lowest BCUT2D eigenvalue weighted by Crippen LogP contribution is -2.12. The van der Waals surface area contributed by atoms with Crippen molar-refractivity contribution in [3.8, 4) is 17.2 Å². The molecule has 3 rings (SSSR count). The molecule has 2 aromatic rings. The molecule has 2 heterocycles. The molecule has 0 spiro atoms. The number of carbonyl (C=O) groups excluding carboxylic acids is 1. The molecule has 0 bridgehead atoms. The Morgan fingerprint density at radius 2 is 2.00 bits per heavy atom. The molecule has 0 amide bonds. The number of aryl methyl sites for hydroxylation is 1. The first-order valence-electron chi connectivity index (χ1n) is 6.50. The second-order valence-electron chi connectivity index (χ2n) is 4.72. The second-order valence-corrected chi connectivity index (χ2v) is 4.72. The van der Waals surface area contributed by atoms with Gasteiger partial charge in [0, 0.05) is 6.07 Å². The number of carbonyl (C=O) groups is 1. The number of hydrogen-bond donors (Lipinski definition) is 1. The summed E-state index contributed by atoms with van der Waals surface area (Å²) in [5.74, 6) is 0.435. The van der Waals surface area contributed by atoms with E-state index in [4.69, 9.17) is 13.9 Å². The van der Waals surface area contributed by atoms with Crippen molar-refractivity contribution in [1.82, 2.24) is 0 Å². The lowest BCUT2D eigenvalue weighted by molar-refractivity contribution is 0.104. The van der Waals surface area contributed by atoms with E-state index in [0.29, 0.717) is 17.1 Å². The standard InChI is InChI=1S/C16H12O6/c1-9-6-12(18)15(16(19)22-9)11(17)4-2-10-3-5-13-14(7-10)21-8-20-13/h2-7,18H,8H2,1H3/b4-2+. The Hall–Kier alpha value is -3.02. The Bertz CT molecular complexity index is 831. The van der Waals surface area contributed by atoms with Gasteiger partial charge >= 0.3 is 5.63 Å². The van der Waals surface area contributed by atoms with Crippen molar-refractivity contribution in [1.29, 1.82) is 0 Å². The Morgan fingerprint density at radius 3 is 2.77 bits per heavy atom. The van der Waals surface area contributed by atoms with Crippen LogP contribution in [0.4, 0.5) is 0 Å². The van der Waals surface area contributed by atoms with Crippen molar-refractivity contribution in [3.63, 3.8) is 0 Å². The van der Waals surface area contributed by atoms with Crippen molar-refractivity contribution < 1.29 is 23.8 Å². The van der Waals surface area contributed by atoms with Crippen molar-refractivity contribution >= 4 is 11.9 Å². The summed E-state index contributed by atoms with van der Waals surface area (Å²) in [4.78, 5) is 23.7. The predicted octanol–water partition coefficient (Wildman–Crippen LogP) is 2.28. The van der Waals surface area contributed by atoms with E-state index in [2.05, 4.69) is 0 Å². The van der Waals surface area contributed by atoms with E-state index < -0.39 is 17.2 Å². The molecule has 0 radical (unpaired) electrons. The fourth-order valence-corrected chi connectivity index (χ4v) is 2.09. The summed E-state index contributed by atoms with van der Waals surface area (Å²) >= 11 is 0. The molecular formula is C16H12O6. The van der Waals surface area contributed by atoms with Crippen molar-refractivity contribution in [2.24, 2.45) is 0 Å². The van der Waals surface area contributed by atoms with Crippen LogP contribution in [-0.4, -0.2) is 17.7 Å². The summed E-state index contributed by atoms with van der Waals surface area (Å²) in [5, 5.41) is 9.72. The van der Waals surface area contributed by atoms with Crippen LogP contribution in [0, 0.1) is 6.92 Å². The first-order valence-corrected chi connectivity index (χ1v) is 6.50. The van der Waals surface area contributed by atoms with Gasteiger partial charge in [-0.25, -0.2) is 4.79 Å². The highest BCUT2D eigenvalue weighted by Gasteiger charge is 2.16. The molecule has 0 aliphatic carbocycles. The highest BCUT2D eigenvalue weighted by atomic mass is 16.7. The third kappa shape index (κ3) is 2.58. The normalized spacial score (nSPS) is 12.8. The zero-order chi connectivity index (χ0) is 15.7. The smallest absolute Gasteiger partial charge is 0.351 e. The molecule has 0 atom stereocenters. The SMILES string of the molecule is Cc1cc(O)c(C(=O)/C=C/c2ccc3c(c2)OCO3)c(=O)o1. The number of fused-ring (bicyclic) bond motifs is 1. The molecule has 0 unspecified atom stereocenters. The summed E-state index contributed by atoms with van der Waals surface area (Å²) in [5.41, 5.74) is -0.547. The molecule has 112 valence electrons. The Morgan fingerprint density at radius 1 is 1.23 bits per heavy atom. The molecule has 1 aliphatic heterocycles. The first-order chi connectivity index (χ1) is 10.5. The average molecular weight is 300 g/mol. The van der Waals surface area contributed by atoms with Crippen LogP contribution in [0.5, 0.6) is 17.2 Å². The summed E-state index contributed by atoms with van der Waals surface area (Å²) in [6.45, 7) is 1.68. The summed E-state index contributed by atoms with van der Waals surface area (Å²) in [6, 6.07) is 6.41. The maximum Gasteiger partial charge on any atom is 0.351 e. The van der Waals surface area contributed by atoms with Gasteiger partial charge in [-0.1, -0.05) is 12.1 Å². The largest absolute Gasteiger partial charge is 0.507 e. The number of benzene rings is 1. The molecule has 0 fully saturated rings. The van der Waals surface area contributed by atoms with Crippen LogP contribution < -0.4 is 15.1 Å². The van der Waals surface area contributed by atoms with Crippen molar-refractivity contribution in [2.45, 2.75) is 6.92 Å². The average Bonchev–Trinajstić information content (AvgIpc) is 2.91. The van der Waals surface area contributed by atoms with Gasteiger partial charge < -0.3 is 19.0 Å². The lowest BCUT2D eigenvalue weighted by atomic mass is 10.1. The highest BCUT2D eigenvalue weighted by Crippen LogP contribution is 2.32. The quantitative estimate of drug-likeness (QED) is 0.691. The third-order valence-electron chi connectivity index (χ3n) is 3.12. The zero-order valence-corrected chi connectivity index (χ0v) is 11.7. The number of aromatic hydroxyl groups is 1. The van der Waals surface area contributed by atoms with Gasteiger partial charge in [0.15, 0.2) is 17.3 Å². The third-order valence-corrected chi connectivity index (χ3v) is 3.12. The summed E-state index contributed by atoms with van der Waals surface area (Å²) in [6.07, 6.45) is 2.71. The van der Waals surface area contributed by atoms with Crippen LogP contribution in [0.3, 0.4) is 0 Å². The van der Waals surface area contributed by atoms with Crippen LogP contribution in [0.25, 0.3) is 6.08 Å². The van der Waals surface area contributed by atoms with E-state index in [1.165, 1.54) is 25.1 Å².